The van der Waals surface area contributed by atoms with Gasteiger partial charge in [0.05, 0.1) is 16.4 Å². The van der Waals surface area contributed by atoms with Crippen molar-refractivity contribution >= 4 is 57.3 Å². The van der Waals surface area contributed by atoms with Crippen LogP contribution in [0.15, 0.2) is 84.9 Å². The lowest BCUT2D eigenvalue weighted by Gasteiger charge is -2.32. The van der Waals surface area contributed by atoms with Crippen molar-refractivity contribution in [3.8, 4) is 0 Å². The Balaban J connectivity index is 1.23. The highest BCUT2D eigenvalue weighted by atomic mass is 35.5. The summed E-state index contributed by atoms with van der Waals surface area (Å²) < 4.78 is 0. The fourth-order valence-corrected chi connectivity index (χ4v) is 10.4. The summed E-state index contributed by atoms with van der Waals surface area (Å²) in [6.45, 7) is 0. The molecule has 0 amide bonds. The van der Waals surface area contributed by atoms with Crippen molar-refractivity contribution in [1.82, 2.24) is 0 Å². The molecule has 2 nitrogen and oxygen atoms in total. The Hall–Kier alpha value is -3.72. The molecular weight excluding hydrogens is 699 g/mol. The van der Waals surface area contributed by atoms with Gasteiger partial charge in [0.1, 0.15) is 0 Å². The highest BCUT2D eigenvalue weighted by molar-refractivity contribution is 6.38. The highest BCUT2D eigenvalue weighted by Gasteiger charge is 2.26. The van der Waals surface area contributed by atoms with Crippen LogP contribution in [0.4, 0.5) is 34.1 Å². The van der Waals surface area contributed by atoms with Gasteiger partial charge in [0, 0.05) is 27.8 Å². The first kappa shape index (κ1) is 35.9. The van der Waals surface area contributed by atoms with Crippen LogP contribution >= 0.6 is 23.2 Å². The van der Waals surface area contributed by atoms with Gasteiger partial charge in [-0.15, -0.1) is 0 Å². The molecule has 0 saturated heterocycles. The van der Waals surface area contributed by atoms with Crippen molar-refractivity contribution in [2.45, 2.75) is 128 Å². The third-order valence-electron chi connectivity index (χ3n) is 12.8. The first-order valence-electron chi connectivity index (χ1n) is 21.2. The summed E-state index contributed by atoms with van der Waals surface area (Å²) in [7, 11) is 0. The van der Waals surface area contributed by atoms with Crippen molar-refractivity contribution in [3.05, 3.63) is 139 Å². The van der Waals surface area contributed by atoms with E-state index in [9.17, 15) is 0 Å². The van der Waals surface area contributed by atoms with Crippen LogP contribution in [0.2, 0.25) is 10.0 Å². The first-order valence-corrected chi connectivity index (χ1v) is 21.9. The Kier molecular flexibility index (Phi) is 10.8. The van der Waals surface area contributed by atoms with E-state index in [0.29, 0.717) is 10.0 Å². The van der Waals surface area contributed by atoms with Gasteiger partial charge in [-0.2, -0.15) is 0 Å². The lowest BCUT2D eigenvalue weighted by Crippen LogP contribution is -2.16. The van der Waals surface area contributed by atoms with E-state index in [1.807, 2.05) is 0 Å². The normalized spacial score (nSPS) is 17.1. The minimum atomic E-state index is 0.688. The molecule has 0 spiro atoms. The Labute approximate surface area is 333 Å². The van der Waals surface area contributed by atoms with Gasteiger partial charge in [0.25, 0.3) is 0 Å². The van der Waals surface area contributed by atoms with E-state index >= 15 is 0 Å². The van der Waals surface area contributed by atoms with Gasteiger partial charge < -0.3 is 9.80 Å². The molecule has 0 radical (unpaired) electrons. The van der Waals surface area contributed by atoms with Crippen molar-refractivity contribution < 1.29 is 0 Å². The zero-order chi connectivity index (χ0) is 36.4. The first-order chi connectivity index (χ1) is 26.6. The quantitative estimate of drug-likeness (QED) is 0.159. The van der Waals surface area contributed by atoms with E-state index in [1.165, 1.54) is 122 Å². The number of fused-ring (bicyclic) bond motifs is 4. The zero-order valence-electron chi connectivity index (χ0n) is 31.9. The predicted molar refractivity (Wildman–Crippen MR) is 231 cm³/mol. The van der Waals surface area contributed by atoms with Gasteiger partial charge in [0.2, 0.25) is 0 Å². The topological polar surface area (TPSA) is 6.48 Å². The molecule has 0 heterocycles. The highest BCUT2D eigenvalue weighted by Crippen LogP contribution is 2.49. The molecule has 0 saturated carbocycles. The number of halogens is 2. The van der Waals surface area contributed by atoms with Gasteiger partial charge in [0.15, 0.2) is 0 Å². The third kappa shape index (κ3) is 7.46. The number of aryl methyl sites for hydroxylation is 8. The van der Waals surface area contributed by atoms with Crippen LogP contribution in [0.3, 0.4) is 0 Å². The van der Waals surface area contributed by atoms with Gasteiger partial charge in [-0.05, 0) is 208 Å². The van der Waals surface area contributed by atoms with Gasteiger partial charge in [-0.1, -0.05) is 73.2 Å². The molecule has 278 valence electrons. The molecule has 0 unspecified atom stereocenters. The molecule has 5 aromatic rings. The van der Waals surface area contributed by atoms with E-state index in [2.05, 4.69) is 94.7 Å². The summed E-state index contributed by atoms with van der Waals surface area (Å²) in [5.41, 5.74) is 18.3. The molecule has 0 fully saturated rings. The Morgan fingerprint density at radius 1 is 0.296 bits per heavy atom. The maximum absolute atomic E-state index is 7.91. The molecule has 0 aliphatic heterocycles. The monoisotopic (exact) mass is 752 g/mol. The summed E-state index contributed by atoms with van der Waals surface area (Å²) >= 11 is 15.2. The zero-order valence-corrected chi connectivity index (χ0v) is 33.4. The molecule has 54 heavy (non-hydrogen) atoms. The summed E-state index contributed by atoms with van der Waals surface area (Å²) in [6, 6.07) is 32.8. The van der Waals surface area contributed by atoms with E-state index in [0.717, 1.165) is 85.5 Å². The molecule has 4 aliphatic carbocycles. The predicted octanol–water partition coefficient (Wildman–Crippen LogP) is 15.0. The second kappa shape index (κ2) is 16.2. The van der Waals surface area contributed by atoms with E-state index < -0.39 is 0 Å². The largest absolute Gasteiger partial charge is 0.309 e. The summed E-state index contributed by atoms with van der Waals surface area (Å²) in [6.07, 6.45) is 24.4. The van der Waals surface area contributed by atoms with Crippen LogP contribution in [0.25, 0.3) is 0 Å². The lowest BCUT2D eigenvalue weighted by atomic mass is 9.99. The minimum Gasteiger partial charge on any atom is -0.309 e. The molecule has 9 rings (SSSR count). The third-order valence-corrected chi connectivity index (χ3v) is 13.4. The van der Waals surface area contributed by atoms with Gasteiger partial charge in [-0.3, -0.25) is 0 Å². The second-order valence-corrected chi connectivity index (χ2v) is 17.3. The van der Waals surface area contributed by atoms with Crippen LogP contribution in [0, 0.1) is 0 Å². The second-order valence-electron chi connectivity index (χ2n) is 16.5. The van der Waals surface area contributed by atoms with Crippen LogP contribution in [0.5, 0.6) is 0 Å². The fourth-order valence-electron chi connectivity index (χ4n) is 9.88. The molecular formula is C50H54Cl2N2. The van der Waals surface area contributed by atoms with Crippen LogP contribution in [-0.2, 0) is 51.4 Å². The van der Waals surface area contributed by atoms with Gasteiger partial charge in [-0.25, -0.2) is 0 Å². The summed E-state index contributed by atoms with van der Waals surface area (Å²) in [5, 5.41) is 1.41. The molecule has 0 atom stereocenters. The lowest BCUT2D eigenvalue weighted by molar-refractivity contribution is 0.711. The average molecular weight is 754 g/mol. The molecule has 0 aromatic heterocycles. The van der Waals surface area contributed by atoms with E-state index in [1.54, 1.807) is 0 Å². The molecule has 4 aliphatic rings. The molecule has 5 aromatic carbocycles. The van der Waals surface area contributed by atoms with Crippen LogP contribution in [0.1, 0.15) is 122 Å². The standard InChI is InChI=1S/C50H54Cl2N2/c51-43-33-48(53(44-25-21-35-13-5-1-9-17-39(35)29-44)45-26-22-36-14-6-2-10-18-40(36)30-45)50(52)49(34-43)54(46-27-23-37-15-7-3-11-19-41(37)31-46)47-28-24-38-16-8-4-12-20-42(38)32-47/h21-34H,1-20H2. The fraction of sp³-hybridized carbons (Fsp3) is 0.400. The number of rotatable bonds is 6. The summed E-state index contributed by atoms with van der Waals surface area (Å²) in [4.78, 5) is 4.81. The number of hydrogen-bond acceptors (Lipinski definition) is 2. The molecule has 0 bridgehead atoms. The van der Waals surface area contributed by atoms with E-state index in [-0.39, 0.29) is 0 Å². The molecule has 0 N–H and O–H groups in total. The SMILES string of the molecule is Clc1cc(N(c2ccc3c(c2)CCCCC3)c2ccc3c(c2)CCCCC3)c(Cl)c(N(c2ccc3c(c2)CCCCC3)c2ccc3c(c2)CCCCC3)c1. The van der Waals surface area contributed by atoms with Crippen LogP contribution in [-0.4, -0.2) is 0 Å². The van der Waals surface area contributed by atoms with Crippen LogP contribution < -0.4 is 9.80 Å². The van der Waals surface area contributed by atoms with Crippen molar-refractivity contribution in [3.63, 3.8) is 0 Å². The number of benzene rings is 5. The number of hydrogen-bond donors (Lipinski definition) is 0. The van der Waals surface area contributed by atoms with Crippen molar-refractivity contribution in [2.24, 2.45) is 0 Å². The van der Waals surface area contributed by atoms with Gasteiger partial charge >= 0.3 is 0 Å². The van der Waals surface area contributed by atoms with Crippen molar-refractivity contribution in [2.75, 3.05) is 9.80 Å². The smallest absolute Gasteiger partial charge is 0.0888 e. The molecule has 4 heteroatoms. The number of nitrogens with zero attached hydrogens (tertiary/aromatic N) is 2. The maximum atomic E-state index is 7.91. The number of anilines is 6. The Morgan fingerprint density at radius 2 is 0.556 bits per heavy atom. The summed E-state index contributed by atoms with van der Waals surface area (Å²) in [5.74, 6) is 0. The minimum absolute atomic E-state index is 0.688. The maximum Gasteiger partial charge on any atom is 0.0888 e. The van der Waals surface area contributed by atoms with Crippen molar-refractivity contribution in [1.29, 1.82) is 0 Å². The Morgan fingerprint density at radius 3 is 0.833 bits per heavy atom. The average Bonchev–Trinajstić information content (AvgIpc) is 3.76. The van der Waals surface area contributed by atoms with E-state index in [4.69, 9.17) is 23.2 Å². The Bertz CT molecular complexity index is 1880.